The normalized spacial score (nSPS) is 16.3. The summed E-state index contributed by atoms with van der Waals surface area (Å²) in [6.45, 7) is 2.90. The van der Waals surface area contributed by atoms with E-state index in [2.05, 4.69) is 77.4 Å². The van der Waals surface area contributed by atoms with Gasteiger partial charge in [0.25, 0.3) is 5.91 Å². The molecule has 1 saturated heterocycles. The number of methoxy groups -OCH3 is 1. The molecule has 210 valence electrons. The third kappa shape index (κ3) is 5.07. The Labute approximate surface area is 246 Å². The van der Waals surface area contributed by atoms with Gasteiger partial charge in [0.2, 0.25) is 0 Å². The fourth-order valence-corrected chi connectivity index (χ4v) is 5.68. The summed E-state index contributed by atoms with van der Waals surface area (Å²) in [5.41, 5.74) is 4.29. The standard InChI is InChI=1S/C36H33N3O3/c1-27-25-42-34(35(40)39(27)23-28-18-20-33(41-2)21-19-28)22-32-24-38(26-37-32)36(29-12-6-3-7-13-29,30-14-8-4-9-15-30)31-16-10-5-11-17-31/h3-22,24,26-27H,23,25H2,1-2H3/t27-/m0/s1. The Morgan fingerprint density at radius 1 is 0.857 bits per heavy atom. The monoisotopic (exact) mass is 555 g/mol. The molecule has 1 aliphatic heterocycles. The predicted molar refractivity (Wildman–Crippen MR) is 164 cm³/mol. The van der Waals surface area contributed by atoms with Gasteiger partial charge in [-0.25, -0.2) is 4.98 Å². The Bertz CT molecular complexity index is 1570. The van der Waals surface area contributed by atoms with Crippen LogP contribution in [0.1, 0.15) is 34.9 Å². The van der Waals surface area contributed by atoms with Crippen LogP contribution >= 0.6 is 0 Å². The largest absolute Gasteiger partial charge is 0.497 e. The second-order valence-electron chi connectivity index (χ2n) is 10.5. The lowest BCUT2D eigenvalue weighted by Gasteiger charge is -2.37. The van der Waals surface area contributed by atoms with Gasteiger partial charge < -0.3 is 18.9 Å². The number of benzene rings is 4. The van der Waals surface area contributed by atoms with Crippen molar-refractivity contribution in [2.24, 2.45) is 0 Å². The number of carbonyl (C=O) groups excluding carboxylic acids is 1. The molecule has 2 heterocycles. The molecule has 6 rings (SSSR count). The SMILES string of the molecule is COc1ccc(CN2C(=O)C(=Cc3cn(C(c4ccccc4)(c4ccccc4)c4ccccc4)cn3)OC[C@@H]2C)cc1. The van der Waals surface area contributed by atoms with Crippen LogP contribution in [0.3, 0.4) is 0 Å². The number of carbonyl (C=O) groups is 1. The molecular formula is C36H33N3O3. The third-order valence-corrected chi connectivity index (χ3v) is 7.84. The Morgan fingerprint density at radius 2 is 1.40 bits per heavy atom. The van der Waals surface area contributed by atoms with Crippen molar-refractivity contribution in [1.29, 1.82) is 0 Å². The van der Waals surface area contributed by atoms with Crippen molar-refractivity contribution in [1.82, 2.24) is 14.5 Å². The minimum absolute atomic E-state index is 0.0591. The molecular weight excluding hydrogens is 522 g/mol. The van der Waals surface area contributed by atoms with Crippen LogP contribution in [0.15, 0.2) is 134 Å². The number of nitrogens with zero attached hydrogens (tertiary/aromatic N) is 3. The first kappa shape index (κ1) is 27.1. The van der Waals surface area contributed by atoms with Crippen LogP contribution in [-0.4, -0.2) is 40.1 Å². The molecule has 0 bridgehead atoms. The van der Waals surface area contributed by atoms with Gasteiger partial charge >= 0.3 is 0 Å². The quantitative estimate of drug-likeness (QED) is 0.162. The fourth-order valence-electron chi connectivity index (χ4n) is 5.68. The summed E-state index contributed by atoms with van der Waals surface area (Å²) in [5.74, 6) is 0.921. The molecule has 0 saturated carbocycles. The zero-order valence-corrected chi connectivity index (χ0v) is 23.8. The summed E-state index contributed by atoms with van der Waals surface area (Å²) in [7, 11) is 1.64. The van der Waals surface area contributed by atoms with Gasteiger partial charge in [0.1, 0.15) is 17.9 Å². The maximum atomic E-state index is 13.6. The van der Waals surface area contributed by atoms with Gasteiger partial charge in [-0.05, 0) is 41.3 Å². The average Bonchev–Trinajstić information content (AvgIpc) is 3.51. The van der Waals surface area contributed by atoms with Gasteiger partial charge in [0.05, 0.1) is 25.2 Å². The van der Waals surface area contributed by atoms with Gasteiger partial charge in [-0.15, -0.1) is 0 Å². The first-order chi connectivity index (χ1) is 20.6. The fraction of sp³-hybridized carbons (Fsp3) is 0.167. The molecule has 42 heavy (non-hydrogen) atoms. The highest BCUT2D eigenvalue weighted by Crippen LogP contribution is 2.41. The Hall–Kier alpha value is -5.10. The van der Waals surface area contributed by atoms with Crippen molar-refractivity contribution >= 4 is 12.0 Å². The van der Waals surface area contributed by atoms with Crippen LogP contribution in [0.5, 0.6) is 5.75 Å². The summed E-state index contributed by atoms with van der Waals surface area (Å²) in [5, 5.41) is 0. The topological polar surface area (TPSA) is 56.6 Å². The number of imidazole rings is 1. The van der Waals surface area contributed by atoms with Gasteiger partial charge in [0, 0.05) is 18.8 Å². The van der Waals surface area contributed by atoms with E-state index >= 15 is 0 Å². The zero-order valence-electron chi connectivity index (χ0n) is 23.8. The Balaban J connectivity index is 1.39. The van der Waals surface area contributed by atoms with Gasteiger partial charge in [0.15, 0.2) is 5.76 Å². The number of ether oxygens (including phenoxy) is 2. The lowest BCUT2D eigenvalue weighted by molar-refractivity contribution is -0.139. The van der Waals surface area contributed by atoms with Crippen molar-refractivity contribution in [3.8, 4) is 5.75 Å². The highest BCUT2D eigenvalue weighted by Gasteiger charge is 2.38. The van der Waals surface area contributed by atoms with Crippen LogP contribution in [-0.2, 0) is 21.6 Å². The molecule has 0 aliphatic carbocycles. The van der Waals surface area contributed by atoms with Crippen LogP contribution in [0.4, 0.5) is 0 Å². The molecule has 0 N–H and O–H groups in total. The molecule has 0 unspecified atom stereocenters. The molecule has 1 fully saturated rings. The van der Waals surface area contributed by atoms with E-state index < -0.39 is 5.54 Å². The highest BCUT2D eigenvalue weighted by atomic mass is 16.5. The van der Waals surface area contributed by atoms with E-state index in [4.69, 9.17) is 14.5 Å². The number of morpholine rings is 1. The van der Waals surface area contributed by atoms with Gasteiger partial charge in [-0.1, -0.05) is 103 Å². The summed E-state index contributed by atoms with van der Waals surface area (Å²) in [4.78, 5) is 20.2. The predicted octanol–water partition coefficient (Wildman–Crippen LogP) is 6.52. The lowest BCUT2D eigenvalue weighted by Crippen LogP contribution is -2.46. The Morgan fingerprint density at radius 3 is 1.93 bits per heavy atom. The number of hydrogen-bond donors (Lipinski definition) is 0. The van der Waals surface area contributed by atoms with Gasteiger partial charge in [-0.2, -0.15) is 0 Å². The first-order valence-electron chi connectivity index (χ1n) is 14.1. The van der Waals surface area contributed by atoms with Crippen LogP contribution in [0.25, 0.3) is 6.08 Å². The van der Waals surface area contributed by atoms with Crippen molar-refractivity contribution < 1.29 is 14.3 Å². The summed E-state index contributed by atoms with van der Waals surface area (Å²) in [6, 6.07) is 39.0. The Kier molecular flexibility index (Phi) is 7.60. The van der Waals surface area contributed by atoms with Crippen molar-refractivity contribution in [3.05, 3.63) is 161 Å². The number of hydrogen-bond acceptors (Lipinski definition) is 4. The van der Waals surface area contributed by atoms with E-state index in [1.807, 2.05) is 66.8 Å². The van der Waals surface area contributed by atoms with Crippen LogP contribution in [0, 0.1) is 0 Å². The second kappa shape index (κ2) is 11.8. The average molecular weight is 556 g/mol. The van der Waals surface area contributed by atoms with Crippen molar-refractivity contribution in [2.45, 2.75) is 25.0 Å². The van der Waals surface area contributed by atoms with E-state index in [9.17, 15) is 4.79 Å². The smallest absolute Gasteiger partial charge is 0.289 e. The van der Waals surface area contributed by atoms with Crippen molar-refractivity contribution in [3.63, 3.8) is 0 Å². The third-order valence-electron chi connectivity index (χ3n) is 7.84. The first-order valence-corrected chi connectivity index (χ1v) is 14.1. The summed E-state index contributed by atoms with van der Waals surface area (Å²) in [6.07, 6.45) is 5.57. The molecule has 1 aromatic heterocycles. The van der Waals surface area contributed by atoms with Crippen LogP contribution < -0.4 is 4.74 Å². The lowest BCUT2D eigenvalue weighted by atomic mass is 9.77. The summed E-state index contributed by atoms with van der Waals surface area (Å²) < 4.78 is 13.4. The molecule has 0 spiro atoms. The van der Waals surface area contributed by atoms with E-state index in [1.165, 1.54) is 0 Å². The maximum Gasteiger partial charge on any atom is 0.289 e. The molecule has 1 atom stereocenters. The maximum absolute atomic E-state index is 13.6. The minimum atomic E-state index is -0.681. The number of rotatable bonds is 8. The zero-order chi connectivity index (χ0) is 28.9. The highest BCUT2D eigenvalue weighted by molar-refractivity contribution is 5.96. The molecule has 4 aromatic carbocycles. The molecule has 1 amide bonds. The molecule has 6 nitrogen and oxygen atoms in total. The van der Waals surface area contributed by atoms with E-state index in [-0.39, 0.29) is 17.7 Å². The van der Waals surface area contributed by atoms with Gasteiger partial charge in [-0.3, -0.25) is 4.79 Å². The molecule has 1 aliphatic rings. The van der Waals surface area contributed by atoms with Crippen LogP contribution in [0.2, 0.25) is 0 Å². The molecule has 6 heteroatoms. The van der Waals surface area contributed by atoms with E-state index in [0.29, 0.717) is 18.8 Å². The number of aromatic nitrogens is 2. The summed E-state index contributed by atoms with van der Waals surface area (Å²) >= 11 is 0. The van der Waals surface area contributed by atoms with E-state index in [1.54, 1.807) is 13.2 Å². The second-order valence-corrected chi connectivity index (χ2v) is 10.5. The van der Waals surface area contributed by atoms with Crippen molar-refractivity contribution in [2.75, 3.05) is 13.7 Å². The molecule has 0 radical (unpaired) electrons. The van der Waals surface area contributed by atoms with E-state index in [0.717, 1.165) is 28.0 Å². The number of amides is 1. The minimum Gasteiger partial charge on any atom is -0.497 e. The molecule has 5 aromatic rings.